The Morgan fingerprint density at radius 1 is 1.53 bits per heavy atom. The Balaban J connectivity index is 2.75. The molecule has 0 radical (unpaired) electrons. The quantitative estimate of drug-likeness (QED) is 0.854. The van der Waals surface area contributed by atoms with Gasteiger partial charge in [0, 0.05) is 4.88 Å². The van der Waals surface area contributed by atoms with E-state index in [1.165, 1.54) is 4.88 Å². The molecule has 0 aromatic carbocycles. The Hall–Kier alpha value is -0.740. The van der Waals surface area contributed by atoms with Crippen molar-refractivity contribution in [3.05, 3.63) is 15.6 Å². The van der Waals surface area contributed by atoms with Crippen LogP contribution in [-0.4, -0.2) is 16.3 Å². The summed E-state index contributed by atoms with van der Waals surface area (Å²) >= 11 is 1.58. The van der Waals surface area contributed by atoms with E-state index in [9.17, 15) is 4.79 Å². The molecule has 0 saturated heterocycles. The predicted octanol–water partition coefficient (Wildman–Crippen LogP) is 2.00. The van der Waals surface area contributed by atoms with E-state index >= 15 is 0 Å². The van der Waals surface area contributed by atoms with Crippen LogP contribution in [-0.2, 0) is 11.2 Å². The zero-order valence-corrected chi connectivity index (χ0v) is 10.6. The van der Waals surface area contributed by atoms with Gasteiger partial charge in [-0.1, -0.05) is 6.92 Å². The second-order valence-corrected chi connectivity index (χ2v) is 5.41. The van der Waals surface area contributed by atoms with Gasteiger partial charge in [0.05, 0.1) is 17.7 Å². The summed E-state index contributed by atoms with van der Waals surface area (Å²) in [5.74, 6) is 0.0683. The van der Waals surface area contributed by atoms with Crippen molar-refractivity contribution < 1.29 is 4.79 Å². The summed E-state index contributed by atoms with van der Waals surface area (Å²) in [4.78, 5) is 17.3. The Bertz CT molecular complexity index is 349. The van der Waals surface area contributed by atoms with E-state index in [4.69, 9.17) is 5.73 Å². The molecule has 2 N–H and O–H groups in total. The summed E-state index contributed by atoms with van der Waals surface area (Å²) in [5, 5.41) is 0.875. The Kier molecular flexibility index (Phi) is 3.62. The van der Waals surface area contributed by atoms with Gasteiger partial charge in [0.1, 0.15) is 5.01 Å². The molecule has 0 aliphatic carbocycles. The minimum absolute atomic E-state index is 0.0683. The van der Waals surface area contributed by atoms with Gasteiger partial charge in [-0.3, -0.25) is 4.79 Å². The third-order valence-corrected chi connectivity index (χ3v) is 3.83. The van der Waals surface area contributed by atoms with Crippen LogP contribution in [0.1, 0.15) is 35.8 Å². The highest BCUT2D eigenvalue weighted by atomic mass is 32.1. The molecular weight excluding hydrogens is 208 g/mol. The van der Waals surface area contributed by atoms with Crippen LogP contribution in [0.5, 0.6) is 0 Å². The van der Waals surface area contributed by atoms with Gasteiger partial charge >= 0.3 is 0 Å². The zero-order valence-electron chi connectivity index (χ0n) is 9.76. The van der Waals surface area contributed by atoms with Crippen molar-refractivity contribution in [3.8, 4) is 0 Å². The normalized spacial score (nSPS) is 15.0. The third-order valence-electron chi connectivity index (χ3n) is 2.76. The molecule has 0 bridgehead atoms. The van der Waals surface area contributed by atoms with Crippen LogP contribution in [0.4, 0.5) is 0 Å². The average molecular weight is 226 g/mol. The van der Waals surface area contributed by atoms with Crippen molar-refractivity contribution in [1.29, 1.82) is 0 Å². The predicted molar refractivity (Wildman–Crippen MR) is 63.2 cm³/mol. The Labute approximate surface area is 94.7 Å². The lowest BCUT2D eigenvalue weighted by Crippen LogP contribution is -2.45. The van der Waals surface area contributed by atoms with E-state index in [2.05, 4.69) is 4.98 Å². The van der Waals surface area contributed by atoms with E-state index in [1.54, 1.807) is 18.3 Å². The van der Waals surface area contributed by atoms with Crippen LogP contribution in [0.3, 0.4) is 0 Å². The number of ketones is 1. The molecule has 1 heterocycles. The molecule has 0 amide bonds. The summed E-state index contributed by atoms with van der Waals surface area (Å²) in [5.41, 5.74) is 6.18. The van der Waals surface area contributed by atoms with Crippen LogP contribution in [0.2, 0.25) is 0 Å². The molecule has 84 valence electrons. The van der Waals surface area contributed by atoms with E-state index in [-0.39, 0.29) is 5.78 Å². The van der Waals surface area contributed by atoms with Gasteiger partial charge in [-0.25, -0.2) is 4.98 Å². The number of aromatic nitrogens is 1. The summed E-state index contributed by atoms with van der Waals surface area (Å²) in [6.07, 6.45) is 1.02. The molecule has 3 nitrogen and oxygen atoms in total. The summed E-state index contributed by atoms with van der Waals surface area (Å²) in [6.45, 7) is 7.68. The first kappa shape index (κ1) is 12.3. The maximum Gasteiger partial charge on any atom is 0.159 e. The number of Topliss-reactive ketones (excluding diaryl/α,β-unsaturated/α-hetero) is 1. The number of thiazole rings is 1. The maximum absolute atomic E-state index is 11.8. The molecule has 0 saturated carbocycles. The van der Waals surface area contributed by atoms with Crippen molar-refractivity contribution in [2.45, 2.75) is 46.1 Å². The van der Waals surface area contributed by atoms with E-state index in [0.717, 1.165) is 10.7 Å². The number of hydrogen-bond acceptors (Lipinski definition) is 4. The first-order chi connectivity index (χ1) is 6.86. The number of carbonyl (C=O) groups excluding carboxylic acids is 1. The minimum atomic E-state index is -0.715. The second-order valence-electron chi connectivity index (χ2n) is 4.12. The molecule has 0 spiro atoms. The lowest BCUT2D eigenvalue weighted by atomic mass is 9.93. The van der Waals surface area contributed by atoms with Crippen LogP contribution in [0.15, 0.2) is 0 Å². The smallest absolute Gasteiger partial charge is 0.159 e. The number of rotatable bonds is 4. The number of hydrogen-bond donors (Lipinski definition) is 1. The SMILES string of the molecule is CCC(C)(N)C(=O)Cc1nc(C)c(C)s1. The number of aryl methyl sites for hydroxylation is 2. The van der Waals surface area contributed by atoms with Crippen molar-refractivity contribution in [2.75, 3.05) is 0 Å². The molecular formula is C11H18N2OS. The summed E-state index contributed by atoms with van der Waals surface area (Å²) in [6, 6.07) is 0. The van der Waals surface area contributed by atoms with Crippen molar-refractivity contribution in [2.24, 2.45) is 5.73 Å². The largest absolute Gasteiger partial charge is 0.319 e. The van der Waals surface area contributed by atoms with Crippen LogP contribution < -0.4 is 5.73 Å². The molecule has 1 aromatic rings. The highest BCUT2D eigenvalue weighted by molar-refractivity contribution is 7.11. The van der Waals surface area contributed by atoms with Crippen LogP contribution >= 0.6 is 11.3 Å². The fourth-order valence-corrected chi connectivity index (χ4v) is 2.08. The molecule has 0 aliphatic heterocycles. The lowest BCUT2D eigenvalue weighted by Gasteiger charge is -2.19. The Morgan fingerprint density at radius 2 is 2.13 bits per heavy atom. The van der Waals surface area contributed by atoms with Gasteiger partial charge in [-0.05, 0) is 27.2 Å². The molecule has 1 atom stereocenters. The van der Waals surface area contributed by atoms with Crippen LogP contribution in [0.25, 0.3) is 0 Å². The molecule has 1 unspecified atom stereocenters. The Morgan fingerprint density at radius 3 is 2.53 bits per heavy atom. The van der Waals surface area contributed by atoms with Gasteiger partial charge in [-0.15, -0.1) is 11.3 Å². The highest BCUT2D eigenvalue weighted by Gasteiger charge is 2.26. The van der Waals surface area contributed by atoms with Crippen molar-refractivity contribution in [1.82, 2.24) is 4.98 Å². The van der Waals surface area contributed by atoms with Gasteiger partial charge in [0.25, 0.3) is 0 Å². The van der Waals surface area contributed by atoms with Crippen LogP contribution in [0, 0.1) is 13.8 Å². The fraction of sp³-hybridized carbons (Fsp3) is 0.636. The molecule has 0 aliphatic rings. The second kappa shape index (κ2) is 4.41. The summed E-state index contributed by atoms with van der Waals surface area (Å²) in [7, 11) is 0. The first-order valence-electron chi connectivity index (χ1n) is 5.12. The molecule has 1 aromatic heterocycles. The van der Waals surface area contributed by atoms with Gasteiger partial charge in [-0.2, -0.15) is 0 Å². The maximum atomic E-state index is 11.8. The van der Waals surface area contributed by atoms with E-state index in [0.29, 0.717) is 12.8 Å². The zero-order chi connectivity index (χ0) is 11.6. The van der Waals surface area contributed by atoms with Gasteiger partial charge < -0.3 is 5.73 Å². The van der Waals surface area contributed by atoms with Crippen molar-refractivity contribution in [3.63, 3.8) is 0 Å². The summed E-state index contributed by atoms with van der Waals surface area (Å²) < 4.78 is 0. The topological polar surface area (TPSA) is 56.0 Å². The monoisotopic (exact) mass is 226 g/mol. The molecule has 1 rings (SSSR count). The lowest BCUT2D eigenvalue weighted by molar-refractivity contribution is -0.123. The average Bonchev–Trinajstić information content (AvgIpc) is 2.46. The molecule has 0 fully saturated rings. The van der Waals surface area contributed by atoms with E-state index < -0.39 is 5.54 Å². The number of nitrogens with zero attached hydrogens (tertiary/aromatic N) is 1. The third kappa shape index (κ3) is 2.86. The fourth-order valence-electron chi connectivity index (χ4n) is 1.15. The van der Waals surface area contributed by atoms with Gasteiger partial charge in [0.15, 0.2) is 5.78 Å². The minimum Gasteiger partial charge on any atom is -0.319 e. The van der Waals surface area contributed by atoms with E-state index in [1.807, 2.05) is 20.8 Å². The standard InChI is InChI=1S/C11H18N2OS/c1-5-11(4,12)9(14)6-10-13-7(2)8(3)15-10/h5-6,12H2,1-4H3. The highest BCUT2D eigenvalue weighted by Crippen LogP contribution is 2.19. The van der Waals surface area contributed by atoms with Gasteiger partial charge in [0.2, 0.25) is 0 Å². The number of carbonyl (C=O) groups is 1. The molecule has 4 heteroatoms. The number of nitrogens with two attached hydrogens (primary N) is 1. The first-order valence-corrected chi connectivity index (χ1v) is 5.93. The molecule has 15 heavy (non-hydrogen) atoms. The van der Waals surface area contributed by atoms with Crippen molar-refractivity contribution >= 4 is 17.1 Å².